The Morgan fingerprint density at radius 3 is 2.16 bits per heavy atom. The molecule has 0 saturated carbocycles. The first-order valence-electron chi connectivity index (χ1n) is 8.98. The fraction of sp³-hybridized carbons (Fsp3) is 0.318. The number of hydrogen-bond acceptors (Lipinski definition) is 2. The van der Waals surface area contributed by atoms with Crippen LogP contribution >= 0.6 is 0 Å². The molecular weight excluding hydrogens is 310 g/mol. The molecule has 0 spiro atoms. The molecule has 3 rings (SSSR count). The SMILES string of the molecule is COc1ccc(C=C(C(=O)N2CCCCCC2)c2ccccc2)cc1. The first kappa shape index (κ1) is 17.3. The highest BCUT2D eigenvalue weighted by atomic mass is 16.5. The number of benzene rings is 2. The van der Waals surface area contributed by atoms with E-state index in [-0.39, 0.29) is 5.91 Å². The van der Waals surface area contributed by atoms with Gasteiger partial charge in [-0.1, -0.05) is 55.3 Å². The molecule has 3 nitrogen and oxygen atoms in total. The predicted octanol–water partition coefficient (Wildman–Crippen LogP) is 4.64. The Labute approximate surface area is 149 Å². The van der Waals surface area contributed by atoms with Crippen LogP contribution in [0.2, 0.25) is 0 Å². The second-order valence-corrected chi connectivity index (χ2v) is 6.40. The molecule has 0 aliphatic carbocycles. The topological polar surface area (TPSA) is 29.5 Å². The quantitative estimate of drug-likeness (QED) is 0.602. The van der Waals surface area contributed by atoms with Gasteiger partial charge in [0.1, 0.15) is 5.75 Å². The van der Waals surface area contributed by atoms with Crippen molar-refractivity contribution < 1.29 is 9.53 Å². The van der Waals surface area contributed by atoms with E-state index in [0.29, 0.717) is 0 Å². The lowest BCUT2D eigenvalue weighted by Crippen LogP contribution is -2.32. The molecule has 0 bridgehead atoms. The summed E-state index contributed by atoms with van der Waals surface area (Å²) in [5.41, 5.74) is 2.73. The number of hydrogen-bond donors (Lipinski definition) is 0. The standard InChI is InChI=1S/C22H25NO2/c1-25-20-13-11-18(12-14-20)17-21(19-9-5-4-6-10-19)22(24)23-15-7-2-3-8-16-23/h4-6,9-14,17H,2-3,7-8,15-16H2,1H3. The van der Waals surface area contributed by atoms with E-state index in [1.165, 1.54) is 12.8 Å². The minimum Gasteiger partial charge on any atom is -0.497 e. The molecule has 2 aromatic carbocycles. The van der Waals surface area contributed by atoms with Crippen LogP contribution in [-0.4, -0.2) is 31.0 Å². The third-order valence-electron chi connectivity index (χ3n) is 4.64. The summed E-state index contributed by atoms with van der Waals surface area (Å²) in [6.07, 6.45) is 6.61. The second kappa shape index (κ2) is 8.52. The average Bonchev–Trinajstić information content (AvgIpc) is 2.96. The predicted molar refractivity (Wildman–Crippen MR) is 102 cm³/mol. The summed E-state index contributed by atoms with van der Waals surface area (Å²) in [6.45, 7) is 1.71. The number of nitrogens with zero attached hydrogens (tertiary/aromatic N) is 1. The maximum absolute atomic E-state index is 13.2. The molecule has 0 N–H and O–H groups in total. The van der Waals surface area contributed by atoms with Gasteiger partial charge in [0.05, 0.1) is 7.11 Å². The van der Waals surface area contributed by atoms with Gasteiger partial charge in [-0.05, 0) is 42.2 Å². The van der Waals surface area contributed by atoms with E-state index in [1.807, 2.05) is 65.6 Å². The summed E-state index contributed by atoms with van der Waals surface area (Å²) < 4.78 is 5.22. The molecule has 1 heterocycles. The molecule has 1 aliphatic rings. The van der Waals surface area contributed by atoms with E-state index < -0.39 is 0 Å². The van der Waals surface area contributed by atoms with Gasteiger partial charge >= 0.3 is 0 Å². The number of methoxy groups -OCH3 is 1. The van der Waals surface area contributed by atoms with Gasteiger partial charge in [0.2, 0.25) is 0 Å². The lowest BCUT2D eigenvalue weighted by Gasteiger charge is -2.22. The Bertz CT molecular complexity index is 711. The third kappa shape index (κ3) is 4.50. The Kier molecular flexibility index (Phi) is 5.89. The van der Waals surface area contributed by atoms with Crippen molar-refractivity contribution in [2.75, 3.05) is 20.2 Å². The fourth-order valence-electron chi connectivity index (χ4n) is 3.20. The second-order valence-electron chi connectivity index (χ2n) is 6.40. The van der Waals surface area contributed by atoms with Crippen LogP contribution in [0.5, 0.6) is 5.75 Å². The van der Waals surface area contributed by atoms with Crippen molar-refractivity contribution in [1.29, 1.82) is 0 Å². The Balaban J connectivity index is 1.94. The molecule has 2 aromatic rings. The molecule has 0 radical (unpaired) electrons. The molecule has 1 aliphatic heterocycles. The summed E-state index contributed by atoms with van der Waals surface area (Å²) in [6, 6.07) is 17.8. The minimum atomic E-state index is 0.129. The normalized spacial score (nSPS) is 15.6. The van der Waals surface area contributed by atoms with Gasteiger partial charge in [-0.25, -0.2) is 0 Å². The van der Waals surface area contributed by atoms with Gasteiger partial charge in [-0.2, -0.15) is 0 Å². The molecule has 1 amide bonds. The van der Waals surface area contributed by atoms with Crippen molar-refractivity contribution in [3.8, 4) is 5.75 Å². The molecule has 3 heteroatoms. The largest absolute Gasteiger partial charge is 0.497 e. The molecule has 0 atom stereocenters. The van der Waals surface area contributed by atoms with Crippen LogP contribution in [0.15, 0.2) is 54.6 Å². The van der Waals surface area contributed by atoms with Crippen LogP contribution in [0.4, 0.5) is 0 Å². The summed E-state index contributed by atoms with van der Waals surface area (Å²) in [5, 5.41) is 0. The molecule has 1 saturated heterocycles. The molecule has 1 fully saturated rings. The van der Waals surface area contributed by atoms with Crippen LogP contribution < -0.4 is 4.74 Å². The van der Waals surface area contributed by atoms with Gasteiger partial charge in [-0.3, -0.25) is 4.79 Å². The van der Waals surface area contributed by atoms with Crippen molar-refractivity contribution in [2.45, 2.75) is 25.7 Å². The number of carbonyl (C=O) groups excluding carboxylic acids is 1. The Morgan fingerprint density at radius 2 is 1.56 bits per heavy atom. The van der Waals surface area contributed by atoms with E-state index in [9.17, 15) is 4.79 Å². The van der Waals surface area contributed by atoms with Crippen LogP contribution in [0.1, 0.15) is 36.8 Å². The summed E-state index contributed by atoms with van der Waals surface area (Å²) in [7, 11) is 1.66. The molecule has 25 heavy (non-hydrogen) atoms. The van der Waals surface area contributed by atoms with Gasteiger partial charge in [0.15, 0.2) is 0 Å². The van der Waals surface area contributed by atoms with Gasteiger partial charge in [-0.15, -0.1) is 0 Å². The molecule has 130 valence electrons. The number of likely N-dealkylation sites (tertiary alicyclic amines) is 1. The van der Waals surface area contributed by atoms with Crippen LogP contribution in [0, 0.1) is 0 Å². The Hall–Kier alpha value is -2.55. The highest BCUT2D eigenvalue weighted by molar-refractivity contribution is 6.24. The number of carbonyl (C=O) groups is 1. The molecule has 0 unspecified atom stereocenters. The van der Waals surface area contributed by atoms with Crippen molar-refractivity contribution in [3.05, 3.63) is 65.7 Å². The van der Waals surface area contributed by atoms with E-state index >= 15 is 0 Å². The summed E-state index contributed by atoms with van der Waals surface area (Å²) >= 11 is 0. The van der Waals surface area contributed by atoms with E-state index in [0.717, 1.165) is 48.4 Å². The van der Waals surface area contributed by atoms with E-state index in [2.05, 4.69) is 0 Å². The maximum Gasteiger partial charge on any atom is 0.254 e. The minimum absolute atomic E-state index is 0.129. The van der Waals surface area contributed by atoms with Crippen molar-refractivity contribution in [3.63, 3.8) is 0 Å². The van der Waals surface area contributed by atoms with Crippen molar-refractivity contribution >= 4 is 17.6 Å². The highest BCUT2D eigenvalue weighted by Gasteiger charge is 2.20. The lowest BCUT2D eigenvalue weighted by atomic mass is 10.0. The van der Waals surface area contributed by atoms with Crippen LogP contribution in [0.3, 0.4) is 0 Å². The highest BCUT2D eigenvalue weighted by Crippen LogP contribution is 2.23. The first-order valence-corrected chi connectivity index (χ1v) is 8.98. The maximum atomic E-state index is 13.2. The number of ether oxygens (including phenoxy) is 1. The van der Waals surface area contributed by atoms with Gasteiger partial charge in [0, 0.05) is 18.7 Å². The molecular formula is C22H25NO2. The zero-order valence-corrected chi connectivity index (χ0v) is 14.8. The summed E-state index contributed by atoms with van der Waals surface area (Å²) in [5.74, 6) is 0.946. The van der Waals surface area contributed by atoms with Crippen molar-refractivity contribution in [2.24, 2.45) is 0 Å². The zero-order valence-electron chi connectivity index (χ0n) is 14.8. The smallest absolute Gasteiger partial charge is 0.254 e. The third-order valence-corrected chi connectivity index (χ3v) is 4.64. The molecule has 0 aromatic heterocycles. The van der Waals surface area contributed by atoms with E-state index in [4.69, 9.17) is 4.74 Å². The Morgan fingerprint density at radius 1 is 0.920 bits per heavy atom. The van der Waals surface area contributed by atoms with E-state index in [1.54, 1.807) is 7.11 Å². The fourth-order valence-corrected chi connectivity index (χ4v) is 3.20. The van der Waals surface area contributed by atoms with Gasteiger partial charge in [0.25, 0.3) is 5.91 Å². The monoisotopic (exact) mass is 335 g/mol. The number of amides is 1. The summed E-state index contributed by atoms with van der Waals surface area (Å²) in [4.78, 5) is 15.2. The van der Waals surface area contributed by atoms with Crippen LogP contribution in [-0.2, 0) is 4.79 Å². The van der Waals surface area contributed by atoms with Crippen molar-refractivity contribution in [1.82, 2.24) is 4.90 Å². The lowest BCUT2D eigenvalue weighted by molar-refractivity contribution is -0.124. The zero-order chi connectivity index (χ0) is 17.5. The first-order chi connectivity index (χ1) is 12.3. The van der Waals surface area contributed by atoms with Crippen LogP contribution in [0.25, 0.3) is 11.6 Å². The average molecular weight is 335 g/mol. The van der Waals surface area contributed by atoms with Gasteiger partial charge < -0.3 is 9.64 Å². The number of rotatable bonds is 4.